The van der Waals surface area contributed by atoms with Gasteiger partial charge < -0.3 is 10.0 Å². The van der Waals surface area contributed by atoms with E-state index in [1.54, 1.807) is 0 Å². The van der Waals surface area contributed by atoms with E-state index in [-0.39, 0.29) is 24.3 Å². The van der Waals surface area contributed by atoms with Crippen LogP contribution in [0.5, 0.6) is 0 Å². The summed E-state index contributed by atoms with van der Waals surface area (Å²) in [6.45, 7) is 6.93. The van der Waals surface area contributed by atoms with E-state index in [0.29, 0.717) is 12.5 Å². The average molecular weight is 310 g/mol. The number of carbonyl (C=O) groups excluding carboxylic acids is 1. The van der Waals surface area contributed by atoms with Gasteiger partial charge in [-0.1, -0.05) is 33.1 Å². The van der Waals surface area contributed by atoms with Gasteiger partial charge in [0.2, 0.25) is 5.91 Å². The van der Waals surface area contributed by atoms with Crippen molar-refractivity contribution in [1.29, 1.82) is 0 Å². The molecule has 2 rings (SSSR count). The zero-order chi connectivity index (χ0) is 16.1. The van der Waals surface area contributed by atoms with Crippen LogP contribution in [0.3, 0.4) is 0 Å². The number of hydrogen-bond donors (Lipinski definition) is 1. The molecule has 1 atom stereocenters. The van der Waals surface area contributed by atoms with Crippen molar-refractivity contribution in [3.63, 3.8) is 0 Å². The minimum absolute atomic E-state index is 0.0182. The summed E-state index contributed by atoms with van der Waals surface area (Å²) in [4.78, 5) is 27.6. The molecule has 5 nitrogen and oxygen atoms in total. The van der Waals surface area contributed by atoms with Crippen LogP contribution in [0.4, 0.5) is 0 Å². The first-order chi connectivity index (χ1) is 10.5. The molecular weight excluding hydrogens is 280 g/mol. The van der Waals surface area contributed by atoms with Crippen molar-refractivity contribution in [3.05, 3.63) is 0 Å². The quantitative estimate of drug-likeness (QED) is 0.846. The maximum atomic E-state index is 12.2. The fourth-order valence-electron chi connectivity index (χ4n) is 3.80. The second-order valence-corrected chi connectivity index (χ2v) is 7.19. The lowest BCUT2D eigenvalue weighted by Crippen LogP contribution is -2.57. The largest absolute Gasteiger partial charge is 0.481 e. The molecule has 1 amide bonds. The molecule has 126 valence electrons. The Labute approximate surface area is 133 Å². The zero-order valence-corrected chi connectivity index (χ0v) is 14.0. The Bertz CT molecular complexity index is 391. The molecule has 2 aliphatic rings. The highest BCUT2D eigenvalue weighted by atomic mass is 16.4. The SMILES string of the molecule is CC(C)C(=O)N1CCN(CC2CCCCC2)C(CC(=O)O)C1. The summed E-state index contributed by atoms with van der Waals surface area (Å²) in [5.41, 5.74) is 0. The van der Waals surface area contributed by atoms with Crippen LogP contribution in [0.25, 0.3) is 0 Å². The van der Waals surface area contributed by atoms with Crippen LogP contribution in [0.1, 0.15) is 52.4 Å². The van der Waals surface area contributed by atoms with E-state index in [9.17, 15) is 14.7 Å². The van der Waals surface area contributed by atoms with Crippen LogP contribution in [0.15, 0.2) is 0 Å². The monoisotopic (exact) mass is 310 g/mol. The molecule has 0 aromatic rings. The molecular formula is C17H30N2O3. The van der Waals surface area contributed by atoms with E-state index in [1.165, 1.54) is 32.1 Å². The molecule has 1 N–H and O–H groups in total. The van der Waals surface area contributed by atoms with E-state index in [0.717, 1.165) is 19.6 Å². The molecule has 2 fully saturated rings. The first-order valence-corrected chi connectivity index (χ1v) is 8.72. The van der Waals surface area contributed by atoms with Crippen LogP contribution >= 0.6 is 0 Å². The predicted octanol–water partition coefficient (Wildman–Crippen LogP) is 2.21. The molecule has 1 unspecified atom stereocenters. The summed E-state index contributed by atoms with van der Waals surface area (Å²) in [7, 11) is 0. The topological polar surface area (TPSA) is 60.9 Å². The number of carboxylic acids is 1. The van der Waals surface area contributed by atoms with E-state index >= 15 is 0 Å². The predicted molar refractivity (Wildman–Crippen MR) is 85.6 cm³/mol. The zero-order valence-electron chi connectivity index (χ0n) is 14.0. The van der Waals surface area contributed by atoms with Crippen LogP contribution < -0.4 is 0 Å². The highest BCUT2D eigenvalue weighted by Gasteiger charge is 2.33. The van der Waals surface area contributed by atoms with Crippen molar-refractivity contribution in [1.82, 2.24) is 9.80 Å². The summed E-state index contributed by atoms with van der Waals surface area (Å²) in [6.07, 6.45) is 6.62. The maximum absolute atomic E-state index is 12.2. The number of amides is 1. The maximum Gasteiger partial charge on any atom is 0.305 e. The third kappa shape index (κ3) is 4.70. The van der Waals surface area contributed by atoms with E-state index in [1.807, 2.05) is 18.7 Å². The van der Waals surface area contributed by atoms with E-state index in [2.05, 4.69) is 4.90 Å². The van der Waals surface area contributed by atoms with E-state index in [4.69, 9.17) is 0 Å². The minimum atomic E-state index is -0.766. The first-order valence-electron chi connectivity index (χ1n) is 8.72. The number of carbonyl (C=O) groups is 2. The van der Waals surface area contributed by atoms with Gasteiger partial charge in [-0.25, -0.2) is 0 Å². The van der Waals surface area contributed by atoms with Gasteiger partial charge in [-0.2, -0.15) is 0 Å². The molecule has 1 saturated heterocycles. The second-order valence-electron chi connectivity index (χ2n) is 7.19. The second kappa shape index (κ2) is 7.95. The van der Waals surface area contributed by atoms with Crippen molar-refractivity contribution in [2.75, 3.05) is 26.2 Å². The summed E-state index contributed by atoms with van der Waals surface area (Å²) >= 11 is 0. The van der Waals surface area contributed by atoms with Crippen LogP contribution in [0.2, 0.25) is 0 Å². The Kier molecular flexibility index (Phi) is 6.24. The van der Waals surface area contributed by atoms with Gasteiger partial charge in [0.05, 0.1) is 6.42 Å². The van der Waals surface area contributed by atoms with Gasteiger partial charge in [-0.3, -0.25) is 14.5 Å². The van der Waals surface area contributed by atoms with Crippen molar-refractivity contribution >= 4 is 11.9 Å². The average Bonchev–Trinajstić information content (AvgIpc) is 2.48. The molecule has 0 spiro atoms. The Morgan fingerprint density at radius 3 is 2.41 bits per heavy atom. The standard InChI is InChI=1S/C17H30N2O3/c1-13(2)17(22)19-9-8-18(15(12-19)10-16(20)21)11-14-6-4-3-5-7-14/h13-15H,3-12H2,1-2H3,(H,20,21). The van der Waals surface area contributed by atoms with Gasteiger partial charge in [-0.05, 0) is 18.8 Å². The lowest BCUT2D eigenvalue weighted by Gasteiger charge is -2.43. The lowest BCUT2D eigenvalue weighted by molar-refractivity contribution is -0.143. The Balaban J connectivity index is 1.96. The number of aliphatic carboxylic acids is 1. The van der Waals surface area contributed by atoms with Gasteiger partial charge in [-0.15, -0.1) is 0 Å². The van der Waals surface area contributed by atoms with Crippen molar-refractivity contribution in [2.24, 2.45) is 11.8 Å². The van der Waals surface area contributed by atoms with Crippen molar-refractivity contribution in [2.45, 2.75) is 58.4 Å². The Morgan fingerprint density at radius 1 is 1.14 bits per heavy atom. The summed E-state index contributed by atoms with van der Waals surface area (Å²) in [5, 5.41) is 9.19. The molecule has 1 aliphatic carbocycles. The van der Waals surface area contributed by atoms with Gasteiger partial charge in [0, 0.05) is 38.1 Å². The van der Waals surface area contributed by atoms with Crippen molar-refractivity contribution in [3.8, 4) is 0 Å². The molecule has 1 saturated carbocycles. The fraction of sp³-hybridized carbons (Fsp3) is 0.882. The third-order valence-corrected chi connectivity index (χ3v) is 5.04. The van der Waals surface area contributed by atoms with Crippen LogP contribution in [-0.2, 0) is 9.59 Å². The highest BCUT2D eigenvalue weighted by Crippen LogP contribution is 2.26. The molecule has 0 aromatic heterocycles. The summed E-state index contributed by atoms with van der Waals surface area (Å²) in [5.74, 6) is 0.0676. The van der Waals surface area contributed by atoms with Crippen LogP contribution in [0, 0.1) is 11.8 Å². The lowest BCUT2D eigenvalue weighted by atomic mass is 9.88. The fourth-order valence-corrected chi connectivity index (χ4v) is 3.80. The van der Waals surface area contributed by atoms with Gasteiger partial charge in [0.15, 0.2) is 0 Å². The van der Waals surface area contributed by atoms with Gasteiger partial charge in [0.1, 0.15) is 0 Å². The molecule has 0 bridgehead atoms. The van der Waals surface area contributed by atoms with E-state index < -0.39 is 5.97 Å². The number of rotatable bonds is 5. The molecule has 0 radical (unpaired) electrons. The molecule has 1 heterocycles. The Morgan fingerprint density at radius 2 is 1.82 bits per heavy atom. The summed E-state index contributed by atoms with van der Waals surface area (Å²) < 4.78 is 0. The number of carboxylic acid groups (broad SMARTS) is 1. The normalized spacial score (nSPS) is 24.7. The van der Waals surface area contributed by atoms with Crippen molar-refractivity contribution < 1.29 is 14.7 Å². The summed E-state index contributed by atoms with van der Waals surface area (Å²) in [6, 6.07) is -0.0316. The first kappa shape index (κ1) is 17.3. The van der Waals surface area contributed by atoms with Gasteiger partial charge in [0.25, 0.3) is 0 Å². The third-order valence-electron chi connectivity index (χ3n) is 5.04. The van der Waals surface area contributed by atoms with Gasteiger partial charge >= 0.3 is 5.97 Å². The highest BCUT2D eigenvalue weighted by molar-refractivity contribution is 5.78. The number of hydrogen-bond acceptors (Lipinski definition) is 3. The van der Waals surface area contributed by atoms with Crippen LogP contribution in [-0.4, -0.2) is 59.0 Å². The number of piperazine rings is 1. The molecule has 5 heteroatoms. The molecule has 1 aliphatic heterocycles. The molecule has 0 aromatic carbocycles. The molecule has 22 heavy (non-hydrogen) atoms. The Hall–Kier alpha value is -1.10. The minimum Gasteiger partial charge on any atom is -0.481 e. The number of nitrogens with zero attached hydrogens (tertiary/aromatic N) is 2. The smallest absolute Gasteiger partial charge is 0.305 e.